The molecule has 0 aliphatic heterocycles. The smallest absolute Gasteiger partial charge is 0.194 e. The maximum Gasteiger partial charge on any atom is 0.194 e. The molecule has 1 heterocycles. The van der Waals surface area contributed by atoms with Crippen molar-refractivity contribution in [3.05, 3.63) is 47.3 Å². The number of hydrogen-bond acceptors (Lipinski definition) is 3. The van der Waals surface area contributed by atoms with Crippen LogP contribution in [-0.4, -0.2) is 25.0 Å². The second-order valence-electron chi connectivity index (χ2n) is 4.52. The lowest BCUT2D eigenvalue weighted by atomic mass is 10.0. The van der Waals surface area contributed by atoms with Gasteiger partial charge in [-0.3, -0.25) is 4.79 Å². The fourth-order valence-corrected chi connectivity index (χ4v) is 2.21. The first-order valence-electron chi connectivity index (χ1n) is 6.64. The number of methoxy groups -OCH3 is 2. The third kappa shape index (κ3) is 2.69. The Bertz CT molecular complexity index is 602. The summed E-state index contributed by atoms with van der Waals surface area (Å²) >= 11 is 0. The van der Waals surface area contributed by atoms with E-state index in [1.807, 2.05) is 6.07 Å². The molecule has 2 rings (SSSR count). The number of ketones is 1. The molecule has 0 fully saturated rings. The van der Waals surface area contributed by atoms with E-state index in [1.165, 1.54) is 0 Å². The van der Waals surface area contributed by atoms with Crippen LogP contribution in [-0.2, 0) is 6.42 Å². The predicted octanol–water partition coefficient (Wildman–Crippen LogP) is 3.22. The highest BCUT2D eigenvalue weighted by Crippen LogP contribution is 2.28. The fourth-order valence-electron chi connectivity index (χ4n) is 2.21. The summed E-state index contributed by atoms with van der Waals surface area (Å²) in [5.41, 5.74) is 2.30. The highest BCUT2D eigenvalue weighted by Gasteiger charge is 2.16. The third-order valence-corrected chi connectivity index (χ3v) is 3.22. The molecule has 0 spiro atoms. The number of carbonyl (C=O) groups excluding carboxylic acids is 1. The van der Waals surface area contributed by atoms with Gasteiger partial charge in [-0.1, -0.05) is 13.3 Å². The third-order valence-electron chi connectivity index (χ3n) is 3.22. The van der Waals surface area contributed by atoms with Crippen LogP contribution in [0.4, 0.5) is 0 Å². The number of carbonyl (C=O) groups is 1. The van der Waals surface area contributed by atoms with Gasteiger partial charge in [-0.15, -0.1) is 0 Å². The van der Waals surface area contributed by atoms with Crippen LogP contribution in [0.1, 0.15) is 35.0 Å². The molecule has 1 aromatic carbocycles. The zero-order valence-electron chi connectivity index (χ0n) is 12.0. The minimum atomic E-state index is -0.00402. The molecule has 2 aromatic rings. The monoisotopic (exact) mass is 273 g/mol. The standard InChI is InChI=1S/C16H19NO3/c1-4-5-13-12(8-9-17-13)16(18)11-6-7-14(19-2)15(10-11)20-3/h6-10,17H,4-5H2,1-3H3. The Kier molecular flexibility index (Phi) is 4.45. The number of rotatable bonds is 6. The topological polar surface area (TPSA) is 51.3 Å². The molecule has 0 saturated carbocycles. The van der Waals surface area contributed by atoms with Crippen molar-refractivity contribution in [1.82, 2.24) is 4.98 Å². The minimum absolute atomic E-state index is 0.00402. The van der Waals surface area contributed by atoms with E-state index in [-0.39, 0.29) is 5.78 Å². The number of H-pyrrole nitrogens is 1. The van der Waals surface area contributed by atoms with Crippen molar-refractivity contribution in [1.29, 1.82) is 0 Å². The normalized spacial score (nSPS) is 10.3. The highest BCUT2D eigenvalue weighted by molar-refractivity contribution is 6.10. The van der Waals surface area contributed by atoms with E-state index in [4.69, 9.17) is 9.47 Å². The average molecular weight is 273 g/mol. The summed E-state index contributed by atoms with van der Waals surface area (Å²) in [6, 6.07) is 7.04. The molecule has 1 N–H and O–H groups in total. The average Bonchev–Trinajstić information content (AvgIpc) is 2.94. The van der Waals surface area contributed by atoms with Crippen molar-refractivity contribution in [3.63, 3.8) is 0 Å². The van der Waals surface area contributed by atoms with Crippen molar-refractivity contribution in [2.45, 2.75) is 19.8 Å². The van der Waals surface area contributed by atoms with E-state index in [1.54, 1.807) is 38.6 Å². The SMILES string of the molecule is CCCc1[nH]ccc1C(=O)c1ccc(OC)c(OC)c1. The van der Waals surface area contributed by atoms with Crippen molar-refractivity contribution in [2.75, 3.05) is 14.2 Å². The summed E-state index contributed by atoms with van der Waals surface area (Å²) in [4.78, 5) is 15.7. The van der Waals surface area contributed by atoms with Crippen molar-refractivity contribution in [2.24, 2.45) is 0 Å². The van der Waals surface area contributed by atoms with Gasteiger partial charge in [0.1, 0.15) is 0 Å². The molecular formula is C16H19NO3. The number of hydrogen-bond donors (Lipinski definition) is 1. The second-order valence-corrected chi connectivity index (χ2v) is 4.52. The van der Waals surface area contributed by atoms with Crippen LogP contribution in [0.3, 0.4) is 0 Å². The van der Waals surface area contributed by atoms with Gasteiger partial charge in [-0.25, -0.2) is 0 Å². The Labute approximate surface area is 118 Å². The molecule has 0 aliphatic carbocycles. The van der Waals surface area contributed by atoms with Crippen LogP contribution in [0.5, 0.6) is 11.5 Å². The molecule has 0 atom stereocenters. The first-order valence-corrected chi connectivity index (χ1v) is 6.64. The molecule has 0 aliphatic rings. The lowest BCUT2D eigenvalue weighted by Gasteiger charge is -2.09. The zero-order valence-corrected chi connectivity index (χ0v) is 12.0. The zero-order chi connectivity index (χ0) is 14.5. The van der Waals surface area contributed by atoms with Crippen molar-refractivity contribution in [3.8, 4) is 11.5 Å². The molecule has 0 saturated heterocycles. The van der Waals surface area contributed by atoms with Crippen molar-refractivity contribution < 1.29 is 14.3 Å². The molecule has 4 nitrogen and oxygen atoms in total. The Morgan fingerprint density at radius 2 is 1.90 bits per heavy atom. The second kappa shape index (κ2) is 6.28. The van der Waals surface area contributed by atoms with Gasteiger partial charge in [0, 0.05) is 23.0 Å². The minimum Gasteiger partial charge on any atom is -0.493 e. The van der Waals surface area contributed by atoms with Crippen LogP contribution in [0.25, 0.3) is 0 Å². The van der Waals surface area contributed by atoms with Crippen LogP contribution in [0, 0.1) is 0 Å². The van der Waals surface area contributed by atoms with Gasteiger partial charge in [0.15, 0.2) is 17.3 Å². The van der Waals surface area contributed by atoms with E-state index in [9.17, 15) is 4.79 Å². The quantitative estimate of drug-likeness (QED) is 0.822. The molecule has 0 amide bonds. The summed E-state index contributed by atoms with van der Waals surface area (Å²) in [6.07, 6.45) is 3.66. The van der Waals surface area contributed by atoms with Gasteiger partial charge in [0.25, 0.3) is 0 Å². The first-order chi connectivity index (χ1) is 9.71. The number of aromatic amines is 1. The van der Waals surface area contributed by atoms with Gasteiger partial charge in [0.05, 0.1) is 14.2 Å². The molecular weight excluding hydrogens is 254 g/mol. The number of nitrogens with one attached hydrogen (secondary N) is 1. The molecule has 0 bridgehead atoms. The summed E-state index contributed by atoms with van der Waals surface area (Å²) in [5, 5.41) is 0. The molecule has 0 unspecified atom stereocenters. The van der Waals surface area contributed by atoms with Gasteiger partial charge in [0.2, 0.25) is 0 Å². The highest BCUT2D eigenvalue weighted by atomic mass is 16.5. The molecule has 20 heavy (non-hydrogen) atoms. The van der Waals surface area contributed by atoms with E-state index < -0.39 is 0 Å². The molecule has 0 radical (unpaired) electrons. The predicted molar refractivity (Wildman–Crippen MR) is 77.8 cm³/mol. The van der Waals surface area contributed by atoms with Crippen LogP contribution < -0.4 is 9.47 Å². The molecule has 1 aromatic heterocycles. The van der Waals surface area contributed by atoms with Gasteiger partial charge >= 0.3 is 0 Å². The van der Waals surface area contributed by atoms with Crippen LogP contribution in [0.15, 0.2) is 30.5 Å². The molecule has 4 heteroatoms. The van der Waals surface area contributed by atoms with E-state index >= 15 is 0 Å². The summed E-state index contributed by atoms with van der Waals surface area (Å²) in [6.45, 7) is 2.09. The first kappa shape index (κ1) is 14.2. The van der Waals surface area contributed by atoms with E-state index in [0.717, 1.165) is 24.1 Å². The summed E-state index contributed by atoms with van der Waals surface area (Å²) in [7, 11) is 3.13. The van der Waals surface area contributed by atoms with Crippen LogP contribution >= 0.6 is 0 Å². The van der Waals surface area contributed by atoms with Crippen molar-refractivity contribution >= 4 is 5.78 Å². The lowest BCUT2D eigenvalue weighted by Crippen LogP contribution is -2.04. The lowest BCUT2D eigenvalue weighted by molar-refractivity contribution is 0.103. The maximum atomic E-state index is 12.6. The largest absolute Gasteiger partial charge is 0.493 e. The maximum absolute atomic E-state index is 12.6. The summed E-state index contributed by atoms with van der Waals surface area (Å²) < 4.78 is 10.4. The Hall–Kier alpha value is -2.23. The van der Waals surface area contributed by atoms with Gasteiger partial charge < -0.3 is 14.5 Å². The number of ether oxygens (including phenoxy) is 2. The van der Waals surface area contributed by atoms with E-state index in [0.29, 0.717) is 17.1 Å². The summed E-state index contributed by atoms with van der Waals surface area (Å²) in [5.74, 6) is 1.17. The van der Waals surface area contributed by atoms with E-state index in [2.05, 4.69) is 11.9 Å². The van der Waals surface area contributed by atoms with Crippen LogP contribution in [0.2, 0.25) is 0 Å². The Morgan fingerprint density at radius 3 is 2.55 bits per heavy atom. The Morgan fingerprint density at radius 1 is 1.15 bits per heavy atom. The fraction of sp³-hybridized carbons (Fsp3) is 0.312. The van der Waals surface area contributed by atoms with Gasteiger partial charge in [-0.2, -0.15) is 0 Å². The number of aromatic nitrogens is 1. The number of benzene rings is 1. The number of aryl methyl sites for hydroxylation is 1. The molecule has 106 valence electrons. The Balaban J connectivity index is 2.35. The van der Waals surface area contributed by atoms with Gasteiger partial charge in [-0.05, 0) is 30.7 Å².